The maximum Gasteiger partial charge on any atom is 0.356 e. The van der Waals surface area contributed by atoms with E-state index < -0.39 is 5.97 Å². The molecule has 0 aromatic carbocycles. The molecule has 0 aliphatic carbocycles. The second kappa shape index (κ2) is 3.82. The van der Waals surface area contributed by atoms with Gasteiger partial charge in [-0.3, -0.25) is 0 Å². The average molecular weight is 196 g/mol. The third-order valence-electron chi connectivity index (χ3n) is 2.24. The molecule has 0 atom stereocenters. The molecule has 0 fully saturated rings. The smallest absolute Gasteiger partial charge is 0.356 e. The molecule has 0 spiro atoms. The molecule has 0 bridgehead atoms. The summed E-state index contributed by atoms with van der Waals surface area (Å²) in [5.74, 6) is 0.241. The minimum atomic E-state index is -0.940. The summed E-state index contributed by atoms with van der Waals surface area (Å²) in [7, 11) is 1.85. The second-order valence-corrected chi connectivity index (χ2v) is 3.92. The van der Waals surface area contributed by atoms with Crippen LogP contribution in [0.2, 0.25) is 0 Å². The molecule has 14 heavy (non-hydrogen) atoms. The summed E-state index contributed by atoms with van der Waals surface area (Å²) in [6.45, 7) is 5.94. The van der Waals surface area contributed by atoms with E-state index in [4.69, 9.17) is 5.11 Å². The number of hydrogen-bond donors (Lipinski definition) is 1. The van der Waals surface area contributed by atoms with Crippen molar-refractivity contribution in [3.8, 4) is 0 Å². The molecule has 0 aliphatic heterocycles. The summed E-state index contributed by atoms with van der Waals surface area (Å²) in [5.41, 5.74) is 1.00. The number of aryl methyl sites for hydroxylation is 1. The van der Waals surface area contributed by atoms with Gasteiger partial charge in [0.1, 0.15) is 5.82 Å². The molecule has 0 aliphatic rings. The Bertz CT molecular complexity index is 353. The molecule has 0 unspecified atom stereocenters. The topological polar surface area (TPSA) is 55.1 Å². The Labute approximate surface area is 83.6 Å². The van der Waals surface area contributed by atoms with Crippen molar-refractivity contribution in [3.63, 3.8) is 0 Å². The SMILES string of the molecule is Cc1nc(C(=O)O)c(CC(C)C)n1C. The zero-order chi connectivity index (χ0) is 10.9. The molecule has 0 amide bonds. The average Bonchev–Trinajstić information content (AvgIpc) is 2.32. The lowest BCUT2D eigenvalue weighted by atomic mass is 10.1. The number of carboxylic acids is 1. The third-order valence-corrected chi connectivity index (χ3v) is 2.24. The van der Waals surface area contributed by atoms with Crippen LogP contribution >= 0.6 is 0 Å². The number of nitrogens with zero attached hydrogens (tertiary/aromatic N) is 2. The fraction of sp³-hybridized carbons (Fsp3) is 0.600. The van der Waals surface area contributed by atoms with Crippen molar-refractivity contribution in [3.05, 3.63) is 17.2 Å². The standard InChI is InChI=1S/C10H16N2O2/c1-6(2)5-8-9(10(13)14)11-7(3)12(8)4/h6H,5H2,1-4H3,(H,13,14). The summed E-state index contributed by atoms with van der Waals surface area (Å²) in [6, 6.07) is 0. The zero-order valence-corrected chi connectivity index (χ0v) is 9.03. The van der Waals surface area contributed by atoms with Crippen LogP contribution in [0.5, 0.6) is 0 Å². The van der Waals surface area contributed by atoms with Crippen molar-refractivity contribution in [2.75, 3.05) is 0 Å². The number of aromatic nitrogens is 2. The minimum absolute atomic E-state index is 0.193. The van der Waals surface area contributed by atoms with Gasteiger partial charge in [0, 0.05) is 7.05 Å². The van der Waals surface area contributed by atoms with Crippen LogP contribution in [0.25, 0.3) is 0 Å². The molecule has 0 saturated carbocycles. The highest BCUT2D eigenvalue weighted by Gasteiger charge is 2.18. The molecule has 1 rings (SSSR count). The van der Waals surface area contributed by atoms with Gasteiger partial charge in [-0.15, -0.1) is 0 Å². The summed E-state index contributed by atoms with van der Waals surface area (Å²) < 4.78 is 1.85. The van der Waals surface area contributed by atoms with E-state index in [1.807, 2.05) is 18.5 Å². The lowest BCUT2D eigenvalue weighted by molar-refractivity contribution is 0.0689. The second-order valence-electron chi connectivity index (χ2n) is 3.92. The van der Waals surface area contributed by atoms with Crippen molar-refractivity contribution in [2.24, 2.45) is 13.0 Å². The van der Waals surface area contributed by atoms with Crippen LogP contribution in [0.1, 0.15) is 35.9 Å². The first-order valence-corrected chi connectivity index (χ1v) is 4.69. The first kappa shape index (κ1) is 10.8. The Morgan fingerprint density at radius 1 is 1.57 bits per heavy atom. The van der Waals surface area contributed by atoms with E-state index in [9.17, 15) is 4.79 Å². The summed E-state index contributed by atoms with van der Waals surface area (Å²) in [6.07, 6.45) is 0.749. The third kappa shape index (κ3) is 1.95. The van der Waals surface area contributed by atoms with Gasteiger partial charge >= 0.3 is 5.97 Å². The van der Waals surface area contributed by atoms with Gasteiger partial charge in [-0.25, -0.2) is 9.78 Å². The minimum Gasteiger partial charge on any atom is -0.476 e. The monoisotopic (exact) mass is 196 g/mol. The Kier molecular flexibility index (Phi) is 2.93. The van der Waals surface area contributed by atoms with Gasteiger partial charge in [0.2, 0.25) is 0 Å². The maximum absolute atomic E-state index is 10.9. The molecular formula is C10H16N2O2. The lowest BCUT2D eigenvalue weighted by Gasteiger charge is -2.07. The molecule has 0 saturated heterocycles. The van der Waals surface area contributed by atoms with Gasteiger partial charge in [-0.1, -0.05) is 13.8 Å². The van der Waals surface area contributed by atoms with E-state index >= 15 is 0 Å². The van der Waals surface area contributed by atoms with Gasteiger partial charge in [-0.05, 0) is 19.3 Å². The summed E-state index contributed by atoms with van der Waals surface area (Å²) in [4.78, 5) is 14.9. The fourth-order valence-corrected chi connectivity index (χ4v) is 1.45. The summed E-state index contributed by atoms with van der Waals surface area (Å²) in [5, 5.41) is 8.94. The van der Waals surface area contributed by atoms with Gasteiger partial charge in [0.25, 0.3) is 0 Å². The molecule has 0 radical (unpaired) electrons. The highest BCUT2D eigenvalue weighted by Crippen LogP contribution is 2.14. The lowest BCUT2D eigenvalue weighted by Crippen LogP contribution is -2.08. The van der Waals surface area contributed by atoms with E-state index in [2.05, 4.69) is 18.8 Å². The first-order chi connectivity index (χ1) is 6.43. The Balaban J connectivity index is 3.16. The zero-order valence-electron chi connectivity index (χ0n) is 9.03. The predicted octanol–water partition coefficient (Wildman–Crippen LogP) is 1.63. The van der Waals surface area contributed by atoms with E-state index in [0.717, 1.165) is 17.9 Å². The number of imidazole rings is 1. The molecule has 1 N–H and O–H groups in total. The van der Waals surface area contributed by atoms with Crippen LogP contribution in [0.4, 0.5) is 0 Å². The van der Waals surface area contributed by atoms with Gasteiger partial charge in [-0.2, -0.15) is 0 Å². The van der Waals surface area contributed by atoms with Gasteiger partial charge in [0.15, 0.2) is 5.69 Å². The fourth-order valence-electron chi connectivity index (χ4n) is 1.45. The Morgan fingerprint density at radius 2 is 2.14 bits per heavy atom. The highest BCUT2D eigenvalue weighted by molar-refractivity contribution is 5.86. The molecule has 4 nitrogen and oxygen atoms in total. The van der Waals surface area contributed by atoms with Gasteiger partial charge < -0.3 is 9.67 Å². The molecule has 1 heterocycles. The van der Waals surface area contributed by atoms with Crippen molar-refractivity contribution in [2.45, 2.75) is 27.2 Å². The van der Waals surface area contributed by atoms with E-state index in [0.29, 0.717) is 5.92 Å². The van der Waals surface area contributed by atoms with Crippen molar-refractivity contribution in [1.82, 2.24) is 9.55 Å². The van der Waals surface area contributed by atoms with Crippen LogP contribution < -0.4 is 0 Å². The molecule has 1 aromatic rings. The molecule has 78 valence electrons. The predicted molar refractivity (Wildman–Crippen MR) is 53.4 cm³/mol. The quantitative estimate of drug-likeness (QED) is 0.799. The number of hydrogen-bond acceptors (Lipinski definition) is 2. The van der Waals surface area contributed by atoms with Gasteiger partial charge in [0.05, 0.1) is 5.69 Å². The maximum atomic E-state index is 10.9. The number of aromatic carboxylic acids is 1. The van der Waals surface area contributed by atoms with Crippen LogP contribution in [0.15, 0.2) is 0 Å². The van der Waals surface area contributed by atoms with Crippen molar-refractivity contribution >= 4 is 5.97 Å². The van der Waals surface area contributed by atoms with E-state index in [1.54, 1.807) is 0 Å². The highest BCUT2D eigenvalue weighted by atomic mass is 16.4. The molecule has 1 aromatic heterocycles. The molecule has 4 heteroatoms. The van der Waals surface area contributed by atoms with Crippen molar-refractivity contribution < 1.29 is 9.90 Å². The number of rotatable bonds is 3. The van der Waals surface area contributed by atoms with E-state index in [1.165, 1.54) is 0 Å². The Hall–Kier alpha value is -1.32. The van der Waals surface area contributed by atoms with Crippen molar-refractivity contribution in [1.29, 1.82) is 0 Å². The van der Waals surface area contributed by atoms with E-state index in [-0.39, 0.29) is 5.69 Å². The van der Waals surface area contributed by atoms with Crippen LogP contribution in [0.3, 0.4) is 0 Å². The van der Waals surface area contributed by atoms with Crippen LogP contribution in [0, 0.1) is 12.8 Å². The Morgan fingerprint density at radius 3 is 2.57 bits per heavy atom. The number of carboxylic acid groups (broad SMARTS) is 1. The largest absolute Gasteiger partial charge is 0.476 e. The van der Waals surface area contributed by atoms with Crippen LogP contribution in [-0.2, 0) is 13.5 Å². The normalized spacial score (nSPS) is 10.9. The summed E-state index contributed by atoms with van der Waals surface area (Å²) >= 11 is 0. The first-order valence-electron chi connectivity index (χ1n) is 4.69. The number of carbonyl (C=O) groups is 1. The van der Waals surface area contributed by atoms with Crippen LogP contribution in [-0.4, -0.2) is 20.6 Å². The molecular weight excluding hydrogens is 180 g/mol.